The van der Waals surface area contributed by atoms with Crippen LogP contribution in [-0.2, 0) is 14.8 Å². The molecule has 4 atom stereocenters. The molecule has 1 amide bonds. The number of hydrogen-bond donors (Lipinski definition) is 3. The molecule has 0 saturated carbocycles. The second kappa shape index (κ2) is 6.49. The van der Waals surface area contributed by atoms with Crippen LogP contribution in [0, 0.1) is 0 Å². The molecular formula is C10H14F3N5O6S. The summed E-state index contributed by atoms with van der Waals surface area (Å²) in [6, 6.07) is 0. The quantitative estimate of drug-likeness (QED) is 0.510. The molecule has 2 rings (SSSR count). The fraction of sp³-hybridized carbons (Fsp3) is 0.700. The third-order valence-corrected chi connectivity index (χ3v) is 5.02. The second-order valence-electron chi connectivity index (χ2n) is 5.19. The van der Waals surface area contributed by atoms with Crippen molar-refractivity contribution in [2.45, 2.75) is 30.0 Å². The number of halogens is 3. The molecule has 2 unspecified atom stereocenters. The first-order chi connectivity index (χ1) is 11.4. The van der Waals surface area contributed by atoms with Gasteiger partial charge in [0.2, 0.25) is 5.82 Å². The summed E-state index contributed by atoms with van der Waals surface area (Å²) in [6.07, 6.45) is -5.29. The zero-order chi connectivity index (χ0) is 19.2. The SMILES string of the molecule is CN(CC1OC(n2cnc(C(N)=O)n2)[C@H](O)[C@@H]1O)S(=O)(=O)C(F)(F)F. The molecule has 0 bridgehead atoms. The maximum absolute atomic E-state index is 12.5. The van der Waals surface area contributed by atoms with Gasteiger partial charge in [-0.05, 0) is 0 Å². The topological polar surface area (TPSA) is 161 Å². The Morgan fingerprint density at radius 1 is 1.44 bits per heavy atom. The Kier molecular flexibility index (Phi) is 5.06. The number of rotatable bonds is 5. The van der Waals surface area contributed by atoms with Gasteiger partial charge in [0.15, 0.2) is 6.23 Å². The minimum atomic E-state index is -5.63. The highest BCUT2D eigenvalue weighted by molar-refractivity contribution is 7.89. The van der Waals surface area contributed by atoms with Crippen LogP contribution in [0.1, 0.15) is 16.8 Å². The van der Waals surface area contributed by atoms with Crippen LogP contribution in [0.2, 0.25) is 0 Å². The Morgan fingerprint density at radius 3 is 2.52 bits per heavy atom. The van der Waals surface area contributed by atoms with Crippen molar-refractivity contribution >= 4 is 15.9 Å². The lowest BCUT2D eigenvalue weighted by molar-refractivity contribution is -0.0568. The van der Waals surface area contributed by atoms with E-state index in [0.717, 1.165) is 11.0 Å². The van der Waals surface area contributed by atoms with E-state index in [1.807, 2.05) is 0 Å². The number of ether oxygens (including phenoxy) is 1. The van der Waals surface area contributed by atoms with Crippen molar-refractivity contribution in [2.24, 2.45) is 5.73 Å². The number of aliphatic hydroxyl groups excluding tert-OH is 2. The number of amides is 1. The van der Waals surface area contributed by atoms with Gasteiger partial charge in [0, 0.05) is 13.6 Å². The Balaban J connectivity index is 2.15. The van der Waals surface area contributed by atoms with Crippen LogP contribution >= 0.6 is 0 Å². The Labute approximate surface area is 138 Å². The lowest BCUT2D eigenvalue weighted by Gasteiger charge is -2.23. The lowest BCUT2D eigenvalue weighted by Crippen LogP contribution is -2.45. The Hall–Kier alpha value is -1.81. The van der Waals surface area contributed by atoms with Crippen molar-refractivity contribution in [2.75, 3.05) is 13.6 Å². The van der Waals surface area contributed by atoms with Crippen molar-refractivity contribution < 1.29 is 41.3 Å². The summed E-state index contributed by atoms with van der Waals surface area (Å²) < 4.78 is 66.0. The van der Waals surface area contributed by atoms with E-state index in [9.17, 15) is 36.6 Å². The number of likely N-dealkylation sites (N-methyl/N-ethyl adjacent to an activating group) is 1. The number of hydrogen-bond acceptors (Lipinski definition) is 8. The first-order valence-corrected chi connectivity index (χ1v) is 8.05. The molecule has 1 aliphatic heterocycles. The van der Waals surface area contributed by atoms with Crippen molar-refractivity contribution in [1.82, 2.24) is 19.1 Å². The predicted octanol–water partition coefficient (Wildman–Crippen LogP) is -2.22. The summed E-state index contributed by atoms with van der Waals surface area (Å²) in [5.41, 5.74) is -0.563. The van der Waals surface area contributed by atoms with Gasteiger partial charge < -0.3 is 20.7 Å². The molecule has 0 aliphatic carbocycles. The summed E-state index contributed by atoms with van der Waals surface area (Å²) in [7, 11) is -4.98. The van der Waals surface area contributed by atoms with E-state index in [1.165, 1.54) is 0 Å². The number of nitrogens with two attached hydrogens (primary N) is 1. The molecule has 2 heterocycles. The molecule has 1 aromatic heterocycles. The highest BCUT2D eigenvalue weighted by Gasteiger charge is 2.51. The van der Waals surface area contributed by atoms with Gasteiger partial charge in [-0.1, -0.05) is 0 Å². The molecule has 0 radical (unpaired) electrons. The molecule has 25 heavy (non-hydrogen) atoms. The summed E-state index contributed by atoms with van der Waals surface area (Å²) in [6.45, 7) is -0.881. The summed E-state index contributed by atoms with van der Waals surface area (Å²) in [5.74, 6) is -1.38. The largest absolute Gasteiger partial charge is 0.511 e. The number of primary amides is 1. The lowest BCUT2D eigenvalue weighted by atomic mass is 10.1. The third kappa shape index (κ3) is 3.59. The van der Waals surface area contributed by atoms with Gasteiger partial charge in [0.25, 0.3) is 5.91 Å². The number of nitrogens with zero attached hydrogens (tertiary/aromatic N) is 4. The third-order valence-electron chi connectivity index (χ3n) is 3.47. The summed E-state index contributed by atoms with van der Waals surface area (Å²) >= 11 is 0. The Morgan fingerprint density at radius 2 is 2.04 bits per heavy atom. The molecule has 15 heteroatoms. The van der Waals surface area contributed by atoms with Crippen molar-refractivity contribution in [3.05, 3.63) is 12.2 Å². The van der Waals surface area contributed by atoms with Crippen LogP contribution in [-0.4, -0.2) is 81.0 Å². The normalized spacial score (nSPS) is 27.8. The van der Waals surface area contributed by atoms with E-state index in [2.05, 4.69) is 10.1 Å². The maximum Gasteiger partial charge on any atom is 0.511 e. The van der Waals surface area contributed by atoms with Gasteiger partial charge in [0.05, 0.1) is 0 Å². The highest BCUT2D eigenvalue weighted by Crippen LogP contribution is 2.31. The molecule has 1 saturated heterocycles. The smallest absolute Gasteiger partial charge is 0.387 e. The monoisotopic (exact) mass is 389 g/mol. The first-order valence-electron chi connectivity index (χ1n) is 6.61. The van der Waals surface area contributed by atoms with Crippen LogP contribution in [0.25, 0.3) is 0 Å². The minimum absolute atomic E-state index is 0.0494. The average molecular weight is 389 g/mol. The molecule has 0 spiro atoms. The minimum Gasteiger partial charge on any atom is -0.387 e. The number of sulfonamides is 1. The first kappa shape index (κ1) is 19.5. The molecule has 1 fully saturated rings. The molecular weight excluding hydrogens is 375 g/mol. The van der Waals surface area contributed by atoms with Crippen molar-refractivity contribution in [3.63, 3.8) is 0 Å². The van der Waals surface area contributed by atoms with E-state index in [0.29, 0.717) is 7.05 Å². The fourth-order valence-corrected chi connectivity index (χ4v) is 2.83. The number of alkyl halides is 3. The number of carbonyl (C=O) groups excluding carboxylic acids is 1. The molecule has 4 N–H and O–H groups in total. The molecule has 1 aromatic rings. The van der Waals surface area contributed by atoms with Gasteiger partial charge in [-0.3, -0.25) is 4.79 Å². The zero-order valence-electron chi connectivity index (χ0n) is 12.5. The van der Waals surface area contributed by atoms with E-state index in [-0.39, 0.29) is 4.31 Å². The van der Waals surface area contributed by atoms with Crippen LogP contribution in [0.5, 0.6) is 0 Å². The number of carbonyl (C=O) groups is 1. The van der Waals surface area contributed by atoms with E-state index >= 15 is 0 Å². The van der Waals surface area contributed by atoms with E-state index in [4.69, 9.17) is 10.5 Å². The standard InChI is InChI=1S/C10H14F3N5O6S/c1-17(25(22,23)10(11,12)13)2-4-5(19)6(20)9(24-4)18-3-15-8(16-18)7(14)21/h3-6,9,19-20H,2H2,1H3,(H2,14,21)/t4?,5-,6-,9?/m1/s1. The van der Waals surface area contributed by atoms with E-state index < -0.39 is 58.3 Å². The predicted molar refractivity (Wildman–Crippen MR) is 72.1 cm³/mol. The van der Waals surface area contributed by atoms with Crippen LogP contribution in [0.3, 0.4) is 0 Å². The molecule has 11 nitrogen and oxygen atoms in total. The molecule has 142 valence electrons. The van der Waals surface area contributed by atoms with Crippen LogP contribution < -0.4 is 5.73 Å². The maximum atomic E-state index is 12.5. The van der Waals surface area contributed by atoms with Gasteiger partial charge in [-0.25, -0.2) is 18.1 Å². The second-order valence-corrected chi connectivity index (χ2v) is 7.23. The number of aromatic nitrogens is 3. The fourth-order valence-electron chi connectivity index (χ4n) is 2.14. The van der Waals surface area contributed by atoms with Crippen LogP contribution in [0.4, 0.5) is 13.2 Å². The highest BCUT2D eigenvalue weighted by atomic mass is 32.2. The van der Waals surface area contributed by atoms with Crippen molar-refractivity contribution in [3.8, 4) is 0 Å². The van der Waals surface area contributed by atoms with Gasteiger partial charge in [0.1, 0.15) is 24.6 Å². The average Bonchev–Trinajstić information content (AvgIpc) is 3.06. The van der Waals surface area contributed by atoms with Gasteiger partial charge >= 0.3 is 15.5 Å². The Bertz CT molecular complexity index is 752. The molecule has 1 aliphatic rings. The zero-order valence-corrected chi connectivity index (χ0v) is 13.3. The van der Waals surface area contributed by atoms with Gasteiger partial charge in [-0.2, -0.15) is 17.5 Å². The summed E-state index contributed by atoms with van der Waals surface area (Å²) in [5, 5.41) is 23.4. The van der Waals surface area contributed by atoms with Crippen LogP contribution in [0.15, 0.2) is 6.33 Å². The summed E-state index contributed by atoms with van der Waals surface area (Å²) in [4.78, 5) is 14.5. The van der Waals surface area contributed by atoms with Crippen molar-refractivity contribution in [1.29, 1.82) is 0 Å². The molecule has 0 aromatic carbocycles. The number of aliphatic hydroxyl groups is 2. The van der Waals surface area contributed by atoms with E-state index in [1.54, 1.807) is 0 Å². The van der Waals surface area contributed by atoms with Gasteiger partial charge in [-0.15, -0.1) is 5.10 Å².